The lowest BCUT2D eigenvalue weighted by Crippen LogP contribution is -2.49. The molecular weight excluding hydrogens is 448 g/mol. The highest BCUT2D eigenvalue weighted by Gasteiger charge is 2.29. The number of hydrogen-bond donors (Lipinski definition) is 1. The van der Waals surface area contributed by atoms with Gasteiger partial charge in [-0.1, -0.05) is 30.3 Å². The Bertz CT molecular complexity index is 1310. The molecule has 0 spiro atoms. The maximum absolute atomic E-state index is 6.40. The summed E-state index contributed by atoms with van der Waals surface area (Å²) in [6, 6.07) is 19.1. The maximum Gasteiger partial charge on any atom is 0.146 e. The molecule has 2 aliphatic heterocycles. The van der Waals surface area contributed by atoms with Crippen molar-refractivity contribution in [2.45, 2.75) is 37.8 Å². The van der Waals surface area contributed by atoms with Gasteiger partial charge in [0.1, 0.15) is 29.3 Å². The number of hydrogen-bond acceptors (Lipinski definition) is 6. The number of aromatic nitrogens is 3. The fraction of sp³-hybridized carbons (Fsp3) is 0.379. The van der Waals surface area contributed by atoms with Gasteiger partial charge in [-0.2, -0.15) is 0 Å². The van der Waals surface area contributed by atoms with E-state index in [9.17, 15) is 0 Å². The largest absolute Gasteiger partial charge is 0.457 e. The molecule has 0 amide bonds. The SMILES string of the molecule is CN1CCCC(N2CCC(n3cc(-c4ccc(Oc5ccccc5)cc4)c4c(N)ncnc43)CC2)C1. The number of likely N-dealkylation sites (tertiary alicyclic amines) is 2. The van der Waals surface area contributed by atoms with E-state index in [-0.39, 0.29) is 0 Å². The van der Waals surface area contributed by atoms with E-state index in [0.29, 0.717) is 17.9 Å². The Kier molecular flexibility index (Phi) is 6.34. The number of ether oxygens (including phenoxy) is 1. The van der Waals surface area contributed by atoms with Crippen LogP contribution in [0.25, 0.3) is 22.2 Å². The molecule has 6 rings (SSSR count). The van der Waals surface area contributed by atoms with Gasteiger partial charge in [-0.15, -0.1) is 0 Å². The van der Waals surface area contributed by atoms with Crippen LogP contribution in [0.15, 0.2) is 67.1 Å². The minimum atomic E-state index is 0.411. The van der Waals surface area contributed by atoms with Gasteiger partial charge in [0, 0.05) is 43.5 Å². The summed E-state index contributed by atoms with van der Waals surface area (Å²) < 4.78 is 8.33. The summed E-state index contributed by atoms with van der Waals surface area (Å²) in [5, 5.41) is 0.936. The van der Waals surface area contributed by atoms with Crippen molar-refractivity contribution in [1.82, 2.24) is 24.3 Å². The van der Waals surface area contributed by atoms with Gasteiger partial charge in [0.2, 0.25) is 0 Å². The van der Waals surface area contributed by atoms with Crippen molar-refractivity contribution in [3.05, 3.63) is 67.1 Å². The lowest BCUT2D eigenvalue weighted by Gasteiger charge is -2.41. The third kappa shape index (κ3) is 4.56. The van der Waals surface area contributed by atoms with E-state index in [0.717, 1.165) is 59.6 Å². The summed E-state index contributed by atoms with van der Waals surface area (Å²) in [6.45, 7) is 4.68. The van der Waals surface area contributed by atoms with Gasteiger partial charge in [-0.05, 0) is 69.1 Å². The van der Waals surface area contributed by atoms with Crippen LogP contribution in [0, 0.1) is 0 Å². The van der Waals surface area contributed by atoms with Crippen LogP contribution in [0.2, 0.25) is 0 Å². The lowest BCUT2D eigenvalue weighted by atomic mass is 9.98. The summed E-state index contributed by atoms with van der Waals surface area (Å²) in [4.78, 5) is 14.2. The Morgan fingerprint density at radius 3 is 2.36 bits per heavy atom. The Hall–Kier alpha value is -3.42. The second kappa shape index (κ2) is 9.91. The molecule has 0 bridgehead atoms. The molecule has 2 saturated heterocycles. The first-order valence-corrected chi connectivity index (χ1v) is 13.0. The molecular formula is C29H34N6O. The summed E-state index contributed by atoms with van der Waals surface area (Å²) in [5.41, 5.74) is 9.49. The van der Waals surface area contributed by atoms with Crippen LogP contribution in [0.4, 0.5) is 5.82 Å². The van der Waals surface area contributed by atoms with Gasteiger partial charge in [0.25, 0.3) is 0 Å². The number of rotatable bonds is 5. The zero-order valence-electron chi connectivity index (χ0n) is 20.9. The van der Waals surface area contributed by atoms with Gasteiger partial charge in [-0.3, -0.25) is 4.90 Å². The average Bonchev–Trinajstić information content (AvgIpc) is 3.31. The van der Waals surface area contributed by atoms with Gasteiger partial charge >= 0.3 is 0 Å². The minimum absolute atomic E-state index is 0.411. The summed E-state index contributed by atoms with van der Waals surface area (Å²) in [5.74, 6) is 2.16. The third-order valence-electron chi connectivity index (χ3n) is 7.79. The van der Waals surface area contributed by atoms with Crippen molar-refractivity contribution in [1.29, 1.82) is 0 Å². The second-order valence-corrected chi connectivity index (χ2v) is 10.2. The van der Waals surface area contributed by atoms with Gasteiger partial charge in [0.15, 0.2) is 0 Å². The van der Waals surface area contributed by atoms with E-state index in [4.69, 9.17) is 10.5 Å². The highest BCUT2D eigenvalue weighted by Crippen LogP contribution is 2.37. The average molecular weight is 483 g/mol. The number of benzene rings is 2. The number of fused-ring (bicyclic) bond motifs is 1. The topological polar surface area (TPSA) is 72.4 Å². The number of piperidine rings is 2. The molecule has 0 radical (unpaired) electrons. The molecule has 1 unspecified atom stereocenters. The maximum atomic E-state index is 6.40. The lowest BCUT2D eigenvalue weighted by molar-refractivity contribution is 0.0811. The van der Waals surface area contributed by atoms with Crippen molar-refractivity contribution >= 4 is 16.9 Å². The van der Waals surface area contributed by atoms with Gasteiger partial charge in [0.05, 0.1) is 5.39 Å². The van der Waals surface area contributed by atoms with Crippen molar-refractivity contribution in [2.75, 3.05) is 39.0 Å². The van der Waals surface area contributed by atoms with E-state index in [1.807, 2.05) is 42.5 Å². The predicted molar refractivity (Wildman–Crippen MR) is 144 cm³/mol. The van der Waals surface area contributed by atoms with Crippen molar-refractivity contribution in [3.8, 4) is 22.6 Å². The fourth-order valence-electron chi connectivity index (χ4n) is 5.90. The third-order valence-corrected chi connectivity index (χ3v) is 7.79. The van der Waals surface area contributed by atoms with E-state index >= 15 is 0 Å². The zero-order valence-corrected chi connectivity index (χ0v) is 20.9. The zero-order chi connectivity index (χ0) is 24.5. The van der Waals surface area contributed by atoms with Crippen LogP contribution in [0.1, 0.15) is 31.7 Å². The van der Waals surface area contributed by atoms with Crippen molar-refractivity contribution in [2.24, 2.45) is 0 Å². The number of anilines is 1. The smallest absolute Gasteiger partial charge is 0.146 e. The highest BCUT2D eigenvalue weighted by atomic mass is 16.5. The summed E-state index contributed by atoms with van der Waals surface area (Å²) >= 11 is 0. The monoisotopic (exact) mass is 482 g/mol. The number of nitrogens with zero attached hydrogens (tertiary/aromatic N) is 5. The molecule has 2 aromatic heterocycles. The van der Waals surface area contributed by atoms with Crippen LogP contribution in [0.5, 0.6) is 11.5 Å². The number of nitrogens with two attached hydrogens (primary N) is 1. The molecule has 4 heterocycles. The molecule has 7 heteroatoms. The molecule has 1 atom stereocenters. The van der Waals surface area contributed by atoms with Crippen LogP contribution in [-0.2, 0) is 0 Å². The first-order chi connectivity index (χ1) is 17.7. The van der Waals surface area contributed by atoms with Crippen molar-refractivity contribution < 1.29 is 4.74 Å². The number of para-hydroxylation sites is 1. The Morgan fingerprint density at radius 2 is 1.61 bits per heavy atom. The Morgan fingerprint density at radius 1 is 0.861 bits per heavy atom. The molecule has 2 fully saturated rings. The molecule has 186 valence electrons. The Labute approximate surface area is 212 Å². The predicted octanol–water partition coefficient (Wildman–Crippen LogP) is 5.20. The molecule has 2 aromatic carbocycles. The molecule has 0 saturated carbocycles. The molecule has 36 heavy (non-hydrogen) atoms. The number of nitrogen functional groups attached to an aromatic ring is 1. The highest BCUT2D eigenvalue weighted by molar-refractivity contribution is 6.00. The molecule has 2 aliphatic rings. The molecule has 7 nitrogen and oxygen atoms in total. The van der Waals surface area contributed by atoms with Crippen LogP contribution in [0.3, 0.4) is 0 Å². The van der Waals surface area contributed by atoms with E-state index in [2.05, 4.69) is 49.7 Å². The van der Waals surface area contributed by atoms with E-state index in [1.54, 1.807) is 6.33 Å². The second-order valence-electron chi connectivity index (χ2n) is 10.2. The van der Waals surface area contributed by atoms with E-state index in [1.165, 1.54) is 25.9 Å². The minimum Gasteiger partial charge on any atom is -0.457 e. The molecule has 0 aliphatic carbocycles. The van der Waals surface area contributed by atoms with Gasteiger partial charge < -0.3 is 19.9 Å². The first kappa shape index (κ1) is 23.0. The molecule has 2 N–H and O–H groups in total. The summed E-state index contributed by atoms with van der Waals surface area (Å²) in [6.07, 6.45) is 8.69. The van der Waals surface area contributed by atoms with E-state index < -0.39 is 0 Å². The van der Waals surface area contributed by atoms with Crippen LogP contribution in [-0.4, -0.2) is 63.6 Å². The Balaban J connectivity index is 1.25. The normalized spacial score (nSPS) is 20.1. The summed E-state index contributed by atoms with van der Waals surface area (Å²) in [7, 11) is 2.25. The quantitative estimate of drug-likeness (QED) is 0.421. The van der Waals surface area contributed by atoms with Crippen LogP contribution < -0.4 is 10.5 Å². The van der Waals surface area contributed by atoms with Gasteiger partial charge in [-0.25, -0.2) is 9.97 Å². The fourth-order valence-corrected chi connectivity index (χ4v) is 5.90. The standard InChI is InChI=1S/C29H34N6O/c1-33-15-5-6-23(18-33)34-16-13-22(14-17-34)35-19-26(27-28(30)31-20-32-29(27)35)21-9-11-25(12-10-21)36-24-7-3-2-4-8-24/h2-4,7-12,19-20,22-23H,5-6,13-18H2,1H3,(H2,30,31,32). The molecule has 4 aromatic rings. The number of likely N-dealkylation sites (N-methyl/N-ethyl adjacent to an activating group) is 1. The van der Waals surface area contributed by atoms with Crippen molar-refractivity contribution in [3.63, 3.8) is 0 Å². The van der Waals surface area contributed by atoms with Crippen LogP contribution >= 0.6 is 0 Å². The first-order valence-electron chi connectivity index (χ1n) is 13.0.